The van der Waals surface area contributed by atoms with E-state index in [-0.39, 0.29) is 12.2 Å². The number of fused-ring (bicyclic) bond motifs is 1. The van der Waals surface area contributed by atoms with Crippen molar-refractivity contribution in [2.75, 3.05) is 0 Å². The van der Waals surface area contributed by atoms with Gasteiger partial charge in [0.1, 0.15) is 0 Å². The number of Topliss-reactive ketones (excluding diaryl/α,β-unsaturated/α-hetero) is 1. The first kappa shape index (κ1) is 7.79. The Kier molecular flexibility index (Phi) is 1.73. The summed E-state index contributed by atoms with van der Waals surface area (Å²) in [7, 11) is 0. The van der Waals surface area contributed by atoms with Crippen LogP contribution in [0.5, 0.6) is 0 Å². The van der Waals surface area contributed by atoms with Gasteiger partial charge in [0.05, 0.1) is 12.1 Å². The van der Waals surface area contributed by atoms with Crippen LogP contribution in [0, 0.1) is 0 Å². The van der Waals surface area contributed by atoms with Crippen LogP contribution in [0.4, 0.5) is 5.69 Å². The molecule has 0 aromatic heterocycles. The quantitative estimate of drug-likeness (QED) is 0.564. The molecule has 1 aromatic carbocycles. The van der Waals surface area contributed by atoms with Crippen molar-refractivity contribution in [3.05, 3.63) is 29.8 Å². The molecule has 0 radical (unpaired) electrons. The highest BCUT2D eigenvalue weighted by molar-refractivity contribution is 6.10. The number of nitrogens with zero attached hydrogens (tertiary/aromatic N) is 2. The van der Waals surface area contributed by atoms with Crippen molar-refractivity contribution in [2.45, 2.75) is 6.42 Å². The Morgan fingerprint density at radius 1 is 1.08 bits per heavy atom. The van der Waals surface area contributed by atoms with E-state index in [4.69, 9.17) is 0 Å². The zero-order valence-electron chi connectivity index (χ0n) is 6.73. The average molecular weight is 174 g/mol. The number of amides is 1. The lowest BCUT2D eigenvalue weighted by Gasteiger charge is -1.96. The normalized spacial score (nSPS) is 15.4. The van der Waals surface area contributed by atoms with E-state index in [1.165, 1.54) is 0 Å². The molecule has 1 aliphatic rings. The maximum atomic E-state index is 11.4. The van der Waals surface area contributed by atoms with Crippen LogP contribution in [0.3, 0.4) is 0 Å². The molecule has 4 heteroatoms. The smallest absolute Gasteiger partial charge is 0.272 e. The molecule has 0 aliphatic carbocycles. The Morgan fingerprint density at radius 2 is 1.85 bits per heavy atom. The van der Waals surface area contributed by atoms with Crippen molar-refractivity contribution >= 4 is 17.4 Å². The Morgan fingerprint density at radius 3 is 2.69 bits per heavy atom. The predicted molar refractivity (Wildman–Crippen MR) is 44.9 cm³/mol. The molecule has 0 unspecified atom stereocenters. The molecule has 0 saturated carbocycles. The van der Waals surface area contributed by atoms with E-state index in [1.54, 1.807) is 24.3 Å². The van der Waals surface area contributed by atoms with Crippen LogP contribution in [0.1, 0.15) is 16.8 Å². The van der Waals surface area contributed by atoms with Gasteiger partial charge in [0.25, 0.3) is 5.91 Å². The fourth-order valence-electron chi connectivity index (χ4n) is 1.17. The maximum Gasteiger partial charge on any atom is 0.272 e. The lowest BCUT2D eigenvalue weighted by atomic mass is 10.1. The van der Waals surface area contributed by atoms with Crippen molar-refractivity contribution in [2.24, 2.45) is 10.2 Å². The molecular weight excluding hydrogens is 168 g/mol. The van der Waals surface area contributed by atoms with Gasteiger partial charge in [-0.25, -0.2) is 0 Å². The van der Waals surface area contributed by atoms with Crippen LogP contribution < -0.4 is 0 Å². The molecule has 0 atom stereocenters. The molecule has 0 N–H and O–H groups in total. The number of ketones is 1. The van der Waals surface area contributed by atoms with Crippen LogP contribution in [0.15, 0.2) is 34.5 Å². The predicted octanol–water partition coefficient (Wildman–Crippen LogP) is 1.88. The summed E-state index contributed by atoms with van der Waals surface area (Å²) in [6, 6.07) is 6.80. The lowest BCUT2D eigenvalue weighted by molar-refractivity contribution is -0.117. The third-order valence-electron chi connectivity index (χ3n) is 1.79. The van der Waals surface area contributed by atoms with Gasteiger partial charge in [-0.15, -0.1) is 10.2 Å². The minimum absolute atomic E-state index is 0.180. The minimum Gasteiger partial charge on any atom is -0.294 e. The van der Waals surface area contributed by atoms with Gasteiger partial charge in [-0.3, -0.25) is 9.59 Å². The van der Waals surface area contributed by atoms with Crippen molar-refractivity contribution in [1.82, 2.24) is 0 Å². The van der Waals surface area contributed by atoms with Crippen molar-refractivity contribution < 1.29 is 9.59 Å². The summed E-state index contributed by atoms with van der Waals surface area (Å²) < 4.78 is 0. The molecule has 1 amide bonds. The molecule has 1 aromatic rings. The Bertz CT molecular complexity index is 410. The van der Waals surface area contributed by atoms with E-state index in [0.29, 0.717) is 11.3 Å². The molecule has 1 aliphatic heterocycles. The van der Waals surface area contributed by atoms with Crippen LogP contribution in [0.25, 0.3) is 0 Å². The summed E-state index contributed by atoms with van der Waals surface area (Å²) in [6.07, 6.45) is -0.180. The largest absolute Gasteiger partial charge is 0.294 e. The summed E-state index contributed by atoms with van der Waals surface area (Å²) in [6.45, 7) is 0. The van der Waals surface area contributed by atoms with Gasteiger partial charge in [-0.2, -0.15) is 0 Å². The molecule has 0 saturated heterocycles. The summed E-state index contributed by atoms with van der Waals surface area (Å²) >= 11 is 0. The maximum absolute atomic E-state index is 11.4. The Hall–Kier alpha value is -1.84. The second-order valence-corrected chi connectivity index (χ2v) is 2.71. The van der Waals surface area contributed by atoms with Crippen molar-refractivity contribution in [1.29, 1.82) is 0 Å². The molecule has 0 bridgehead atoms. The molecule has 1 heterocycles. The first-order chi connectivity index (χ1) is 6.27. The second-order valence-electron chi connectivity index (χ2n) is 2.71. The highest BCUT2D eigenvalue weighted by Gasteiger charge is 2.17. The summed E-state index contributed by atoms with van der Waals surface area (Å²) in [5.41, 5.74) is 0.940. The Balaban J connectivity index is 2.57. The highest BCUT2D eigenvalue weighted by atomic mass is 16.2. The molecular formula is C9H6N2O2. The highest BCUT2D eigenvalue weighted by Crippen LogP contribution is 2.23. The second kappa shape index (κ2) is 2.90. The van der Waals surface area contributed by atoms with E-state index in [9.17, 15) is 9.59 Å². The first-order valence-electron chi connectivity index (χ1n) is 3.84. The zero-order chi connectivity index (χ0) is 9.26. The lowest BCUT2D eigenvalue weighted by Crippen LogP contribution is -2.03. The fraction of sp³-hybridized carbons (Fsp3) is 0.111. The number of hydrogen-bond donors (Lipinski definition) is 0. The number of benzene rings is 1. The van der Waals surface area contributed by atoms with Gasteiger partial charge in [0, 0.05) is 5.56 Å². The van der Waals surface area contributed by atoms with Crippen LogP contribution >= 0.6 is 0 Å². The molecule has 13 heavy (non-hydrogen) atoms. The zero-order valence-corrected chi connectivity index (χ0v) is 6.73. The molecule has 0 fully saturated rings. The SMILES string of the molecule is O=C1CC(=O)c2ccccc2N=N1. The fourth-order valence-corrected chi connectivity index (χ4v) is 1.17. The van der Waals surface area contributed by atoms with E-state index in [1.807, 2.05) is 0 Å². The van der Waals surface area contributed by atoms with Gasteiger partial charge >= 0.3 is 0 Å². The van der Waals surface area contributed by atoms with Gasteiger partial charge in [0.15, 0.2) is 5.78 Å². The minimum atomic E-state index is -0.485. The van der Waals surface area contributed by atoms with E-state index < -0.39 is 5.91 Å². The van der Waals surface area contributed by atoms with Gasteiger partial charge in [0.2, 0.25) is 0 Å². The third-order valence-corrected chi connectivity index (χ3v) is 1.79. The summed E-state index contributed by atoms with van der Waals surface area (Å²) in [5, 5.41) is 7.05. The molecule has 64 valence electrons. The van der Waals surface area contributed by atoms with Crippen LogP contribution in [-0.2, 0) is 4.79 Å². The number of carbonyl (C=O) groups is 2. The Labute approximate surface area is 74.3 Å². The first-order valence-corrected chi connectivity index (χ1v) is 3.84. The summed E-state index contributed by atoms with van der Waals surface area (Å²) in [4.78, 5) is 22.3. The molecule has 2 rings (SSSR count). The third kappa shape index (κ3) is 1.38. The van der Waals surface area contributed by atoms with Gasteiger partial charge < -0.3 is 0 Å². The number of carbonyl (C=O) groups excluding carboxylic acids is 2. The van der Waals surface area contributed by atoms with E-state index in [2.05, 4.69) is 10.2 Å². The molecule has 4 nitrogen and oxygen atoms in total. The topological polar surface area (TPSA) is 58.9 Å². The van der Waals surface area contributed by atoms with Gasteiger partial charge in [-0.05, 0) is 12.1 Å². The monoisotopic (exact) mass is 174 g/mol. The van der Waals surface area contributed by atoms with Crippen molar-refractivity contribution in [3.8, 4) is 0 Å². The van der Waals surface area contributed by atoms with E-state index in [0.717, 1.165) is 0 Å². The summed E-state index contributed by atoms with van der Waals surface area (Å²) in [5.74, 6) is -0.702. The van der Waals surface area contributed by atoms with Crippen LogP contribution in [-0.4, -0.2) is 11.7 Å². The molecule has 0 spiro atoms. The number of rotatable bonds is 0. The number of azo groups is 1. The standard InChI is InChI=1S/C9H6N2O2/c12-8-5-9(13)11-10-7-4-2-1-3-6(7)8/h1-4H,5H2. The van der Waals surface area contributed by atoms with E-state index >= 15 is 0 Å². The van der Waals surface area contributed by atoms with Crippen LogP contribution in [0.2, 0.25) is 0 Å². The van der Waals surface area contributed by atoms with Crippen molar-refractivity contribution in [3.63, 3.8) is 0 Å². The number of hydrogen-bond acceptors (Lipinski definition) is 3. The van der Waals surface area contributed by atoms with Gasteiger partial charge in [-0.1, -0.05) is 12.1 Å². The average Bonchev–Trinajstić information content (AvgIpc) is 2.27.